The molecule has 5 heteroatoms. The van der Waals surface area contributed by atoms with Crippen LogP contribution in [0.15, 0.2) is 53.4 Å². The van der Waals surface area contributed by atoms with E-state index in [2.05, 4.69) is 10.0 Å². The highest BCUT2D eigenvalue weighted by molar-refractivity contribution is 7.89. The van der Waals surface area contributed by atoms with Gasteiger partial charge in [0.15, 0.2) is 0 Å². The molecule has 0 spiro atoms. The summed E-state index contributed by atoms with van der Waals surface area (Å²) in [6, 6.07) is 14.6. The Morgan fingerprint density at radius 1 is 1.00 bits per heavy atom. The molecule has 2 aromatic carbocycles. The molecule has 1 unspecified atom stereocenters. The fourth-order valence-electron chi connectivity index (χ4n) is 2.28. The number of fused-ring (bicyclic) bond motifs is 1. The van der Waals surface area contributed by atoms with Crippen molar-refractivity contribution in [2.24, 2.45) is 0 Å². The molecule has 0 amide bonds. The molecule has 2 aromatic rings. The van der Waals surface area contributed by atoms with Gasteiger partial charge in [-0.15, -0.1) is 0 Å². The normalized spacial score (nSPS) is 20.4. The zero-order valence-electron chi connectivity index (χ0n) is 10.4. The van der Waals surface area contributed by atoms with Crippen molar-refractivity contribution in [3.05, 3.63) is 59.7 Å². The van der Waals surface area contributed by atoms with Gasteiger partial charge in [0.05, 0.1) is 5.69 Å². The molecule has 0 bridgehead atoms. The SMILES string of the molecule is Cc1ccccc1C1Nc2ccccc2S(=O)(=O)N1. The van der Waals surface area contributed by atoms with Crippen molar-refractivity contribution in [2.75, 3.05) is 5.32 Å². The predicted octanol–water partition coefficient (Wildman–Crippen LogP) is 2.40. The van der Waals surface area contributed by atoms with Gasteiger partial charge in [-0.3, -0.25) is 0 Å². The summed E-state index contributed by atoms with van der Waals surface area (Å²) in [7, 11) is -3.47. The van der Waals surface area contributed by atoms with Gasteiger partial charge in [0.2, 0.25) is 10.0 Å². The molecule has 0 aliphatic carbocycles. The number of hydrogen-bond donors (Lipinski definition) is 2. The Morgan fingerprint density at radius 2 is 1.68 bits per heavy atom. The van der Waals surface area contributed by atoms with Gasteiger partial charge in [-0.05, 0) is 30.2 Å². The fraction of sp³-hybridized carbons (Fsp3) is 0.143. The van der Waals surface area contributed by atoms with Crippen LogP contribution in [0.5, 0.6) is 0 Å². The summed E-state index contributed by atoms with van der Waals surface area (Å²) in [6.07, 6.45) is -0.430. The van der Waals surface area contributed by atoms with Crippen LogP contribution in [0, 0.1) is 6.92 Å². The highest BCUT2D eigenvalue weighted by Crippen LogP contribution is 2.31. The van der Waals surface area contributed by atoms with Crippen molar-refractivity contribution < 1.29 is 8.42 Å². The van der Waals surface area contributed by atoms with E-state index in [-0.39, 0.29) is 0 Å². The third-order valence-corrected chi connectivity index (χ3v) is 4.73. The maximum absolute atomic E-state index is 12.2. The number of sulfonamides is 1. The summed E-state index contributed by atoms with van der Waals surface area (Å²) < 4.78 is 27.1. The lowest BCUT2D eigenvalue weighted by molar-refractivity contribution is 0.562. The first-order valence-electron chi connectivity index (χ1n) is 6.01. The summed E-state index contributed by atoms with van der Waals surface area (Å²) in [5.41, 5.74) is 2.61. The van der Waals surface area contributed by atoms with Gasteiger partial charge in [-0.2, -0.15) is 4.72 Å². The topological polar surface area (TPSA) is 58.2 Å². The molecule has 2 N–H and O–H groups in total. The average molecular weight is 274 g/mol. The second kappa shape index (κ2) is 4.36. The van der Waals surface area contributed by atoms with Gasteiger partial charge in [0, 0.05) is 0 Å². The zero-order chi connectivity index (χ0) is 13.5. The van der Waals surface area contributed by atoms with Crippen LogP contribution in [-0.4, -0.2) is 8.42 Å². The molecule has 0 fully saturated rings. The summed E-state index contributed by atoms with van der Waals surface area (Å²) in [5, 5.41) is 3.22. The minimum Gasteiger partial charge on any atom is -0.364 e. The van der Waals surface area contributed by atoms with E-state index in [1.807, 2.05) is 37.3 Å². The van der Waals surface area contributed by atoms with E-state index in [9.17, 15) is 8.42 Å². The van der Waals surface area contributed by atoms with Gasteiger partial charge in [-0.1, -0.05) is 36.4 Å². The van der Waals surface area contributed by atoms with E-state index in [4.69, 9.17) is 0 Å². The van der Waals surface area contributed by atoms with Crippen LogP contribution in [0.25, 0.3) is 0 Å². The summed E-state index contributed by atoms with van der Waals surface area (Å²) in [6.45, 7) is 1.96. The Bertz CT molecular complexity index is 726. The number of para-hydroxylation sites is 1. The van der Waals surface area contributed by atoms with E-state index in [1.165, 1.54) is 0 Å². The van der Waals surface area contributed by atoms with Crippen LogP contribution < -0.4 is 10.0 Å². The minimum absolute atomic E-state index is 0.292. The van der Waals surface area contributed by atoms with Crippen LogP contribution in [-0.2, 0) is 10.0 Å². The second-order valence-corrected chi connectivity index (χ2v) is 6.23. The first-order chi connectivity index (χ1) is 9.08. The van der Waals surface area contributed by atoms with Crippen LogP contribution >= 0.6 is 0 Å². The molecule has 3 rings (SSSR count). The molecule has 1 aliphatic rings. The second-order valence-electron chi connectivity index (χ2n) is 4.55. The molecule has 0 aromatic heterocycles. The van der Waals surface area contributed by atoms with Crippen molar-refractivity contribution in [1.29, 1.82) is 0 Å². The third-order valence-electron chi connectivity index (χ3n) is 3.25. The highest BCUT2D eigenvalue weighted by atomic mass is 32.2. The average Bonchev–Trinajstić information content (AvgIpc) is 2.38. The predicted molar refractivity (Wildman–Crippen MR) is 74.3 cm³/mol. The van der Waals surface area contributed by atoms with Crippen molar-refractivity contribution in [3.63, 3.8) is 0 Å². The number of benzene rings is 2. The molecule has 1 atom stereocenters. The Morgan fingerprint density at radius 3 is 2.47 bits per heavy atom. The molecule has 0 saturated heterocycles. The number of anilines is 1. The fourth-order valence-corrected chi connectivity index (χ4v) is 3.57. The van der Waals surface area contributed by atoms with Crippen LogP contribution in [0.2, 0.25) is 0 Å². The lowest BCUT2D eigenvalue weighted by Crippen LogP contribution is -2.38. The first kappa shape index (κ1) is 12.2. The zero-order valence-corrected chi connectivity index (χ0v) is 11.2. The Balaban J connectivity index is 2.09. The smallest absolute Gasteiger partial charge is 0.244 e. The summed E-state index contributed by atoms with van der Waals surface area (Å²) >= 11 is 0. The molecule has 98 valence electrons. The van der Waals surface area contributed by atoms with Crippen molar-refractivity contribution >= 4 is 15.7 Å². The van der Waals surface area contributed by atoms with Crippen molar-refractivity contribution in [3.8, 4) is 0 Å². The van der Waals surface area contributed by atoms with Crippen LogP contribution in [0.1, 0.15) is 17.3 Å². The number of rotatable bonds is 1. The Kier molecular flexibility index (Phi) is 2.80. The monoisotopic (exact) mass is 274 g/mol. The molecule has 0 saturated carbocycles. The maximum Gasteiger partial charge on any atom is 0.244 e. The van der Waals surface area contributed by atoms with Crippen molar-refractivity contribution in [1.82, 2.24) is 4.72 Å². The quantitative estimate of drug-likeness (QED) is 0.839. The lowest BCUT2D eigenvalue weighted by Gasteiger charge is -2.29. The van der Waals surface area contributed by atoms with Crippen LogP contribution in [0.3, 0.4) is 0 Å². The first-order valence-corrected chi connectivity index (χ1v) is 7.50. The third kappa shape index (κ3) is 2.11. The molecule has 1 aliphatic heterocycles. The largest absolute Gasteiger partial charge is 0.364 e. The molecule has 0 radical (unpaired) electrons. The Hall–Kier alpha value is -1.85. The van der Waals surface area contributed by atoms with E-state index < -0.39 is 16.2 Å². The van der Waals surface area contributed by atoms with E-state index in [0.717, 1.165) is 11.1 Å². The Labute approximate surface area is 112 Å². The number of aryl methyl sites for hydroxylation is 1. The van der Waals surface area contributed by atoms with E-state index >= 15 is 0 Å². The van der Waals surface area contributed by atoms with Gasteiger partial charge in [-0.25, -0.2) is 8.42 Å². The van der Waals surface area contributed by atoms with Gasteiger partial charge in [0.25, 0.3) is 0 Å². The van der Waals surface area contributed by atoms with Crippen molar-refractivity contribution in [2.45, 2.75) is 18.0 Å². The molecular weight excluding hydrogens is 260 g/mol. The standard InChI is InChI=1S/C14H14N2O2S/c1-10-6-2-3-7-11(10)14-15-12-8-4-5-9-13(12)19(17,18)16-14/h2-9,14-16H,1H3. The molecule has 4 nitrogen and oxygen atoms in total. The van der Waals surface area contributed by atoms with E-state index in [1.54, 1.807) is 18.2 Å². The number of nitrogens with one attached hydrogen (secondary N) is 2. The van der Waals surface area contributed by atoms with E-state index in [0.29, 0.717) is 10.6 Å². The molecule has 1 heterocycles. The highest BCUT2D eigenvalue weighted by Gasteiger charge is 2.29. The molecule has 19 heavy (non-hydrogen) atoms. The molecular formula is C14H14N2O2S. The van der Waals surface area contributed by atoms with Crippen LogP contribution in [0.4, 0.5) is 5.69 Å². The van der Waals surface area contributed by atoms with Gasteiger partial charge < -0.3 is 5.32 Å². The lowest BCUT2D eigenvalue weighted by atomic mass is 10.1. The minimum atomic E-state index is -3.47. The number of hydrogen-bond acceptors (Lipinski definition) is 3. The summed E-state index contributed by atoms with van der Waals surface area (Å²) in [5.74, 6) is 0. The maximum atomic E-state index is 12.2. The summed E-state index contributed by atoms with van der Waals surface area (Å²) in [4.78, 5) is 0.292. The van der Waals surface area contributed by atoms with Gasteiger partial charge >= 0.3 is 0 Å². The van der Waals surface area contributed by atoms with Gasteiger partial charge in [0.1, 0.15) is 11.1 Å².